The van der Waals surface area contributed by atoms with E-state index in [0.717, 1.165) is 15.9 Å². The van der Waals surface area contributed by atoms with Crippen LogP contribution in [0.2, 0.25) is 0 Å². The number of nitrogens with one attached hydrogen (secondary N) is 1. The number of fused-ring (bicyclic) bond motifs is 2. The van der Waals surface area contributed by atoms with Crippen LogP contribution in [-0.4, -0.2) is 46.3 Å². The number of hydrogen-bond acceptors (Lipinski definition) is 6. The van der Waals surface area contributed by atoms with Crippen molar-refractivity contribution in [2.45, 2.75) is 13.5 Å². The first-order valence-corrected chi connectivity index (χ1v) is 10.6. The minimum Gasteiger partial charge on any atom is -0.872 e. The van der Waals surface area contributed by atoms with Crippen molar-refractivity contribution < 1.29 is 33.4 Å². The maximum Gasteiger partial charge on any atom is 0.232 e. The molecule has 0 radical (unpaired) electrons. The second kappa shape index (κ2) is 9.56. The van der Waals surface area contributed by atoms with Gasteiger partial charge in [-0.25, -0.2) is 0 Å². The lowest BCUT2D eigenvalue weighted by Crippen LogP contribution is -3.11. The summed E-state index contributed by atoms with van der Waals surface area (Å²) in [6.07, 6.45) is 1.59. The van der Waals surface area contributed by atoms with Crippen molar-refractivity contribution in [1.29, 1.82) is 0 Å². The predicted octanol–water partition coefficient (Wildman–Crippen LogP) is 2.11. The molecular formula is C25H27NO6. The van der Waals surface area contributed by atoms with E-state index in [0.29, 0.717) is 61.0 Å². The highest BCUT2D eigenvalue weighted by atomic mass is 16.5. The summed E-state index contributed by atoms with van der Waals surface area (Å²) < 4.78 is 22.2. The zero-order chi connectivity index (χ0) is 22.7. The summed E-state index contributed by atoms with van der Waals surface area (Å²) in [6.45, 7) is 4.70. The number of methoxy groups -OCH3 is 2. The number of ketones is 1. The molecule has 32 heavy (non-hydrogen) atoms. The molecule has 0 unspecified atom stereocenters. The molecule has 7 heteroatoms. The summed E-state index contributed by atoms with van der Waals surface area (Å²) in [5.74, 6) is 0.663. The highest BCUT2D eigenvalue weighted by Gasteiger charge is 2.33. The quantitative estimate of drug-likeness (QED) is 0.516. The fourth-order valence-corrected chi connectivity index (χ4v) is 3.98. The largest absolute Gasteiger partial charge is 0.872 e. The van der Waals surface area contributed by atoms with Gasteiger partial charge in [-0.2, -0.15) is 0 Å². The molecule has 2 heterocycles. The summed E-state index contributed by atoms with van der Waals surface area (Å²) in [4.78, 5) is 14.3. The summed E-state index contributed by atoms with van der Waals surface area (Å²) in [7, 11) is 3.29. The lowest BCUT2D eigenvalue weighted by Gasteiger charge is -2.24. The first-order chi connectivity index (χ1) is 15.5. The SMILES string of the molecule is COCC[NH+](CCOC)Cc1c([O-])cc(C)c2c1O/C(=C\c1cc3ccccc3o1)C2=O. The lowest BCUT2D eigenvalue weighted by molar-refractivity contribution is -0.914. The molecule has 1 N–H and O–H groups in total. The fraction of sp³-hybridized carbons (Fsp3) is 0.320. The Balaban J connectivity index is 1.67. The van der Waals surface area contributed by atoms with Crippen LogP contribution in [0.25, 0.3) is 17.0 Å². The molecule has 1 aliphatic heterocycles. The molecule has 4 rings (SSSR count). The molecule has 0 atom stereocenters. The third kappa shape index (κ3) is 4.41. The molecule has 0 aliphatic carbocycles. The summed E-state index contributed by atoms with van der Waals surface area (Å²) in [5, 5.41) is 13.8. The first-order valence-electron chi connectivity index (χ1n) is 10.6. The van der Waals surface area contributed by atoms with Crippen molar-refractivity contribution in [3.63, 3.8) is 0 Å². The standard InChI is InChI=1S/C25H27NO6/c1-16-12-20(27)19(15-26(8-10-29-2)9-11-30-3)25-23(16)24(28)22(32-25)14-18-13-17-6-4-5-7-21(17)31-18/h4-7,12-14,27H,8-11,15H2,1-3H3/b22-14-. The van der Waals surface area contributed by atoms with E-state index in [4.69, 9.17) is 18.6 Å². The van der Waals surface area contributed by atoms with Gasteiger partial charge >= 0.3 is 0 Å². The Morgan fingerprint density at radius 3 is 2.50 bits per heavy atom. The normalized spacial score (nSPS) is 14.5. The zero-order valence-corrected chi connectivity index (χ0v) is 18.5. The van der Waals surface area contributed by atoms with Crippen LogP contribution in [0.4, 0.5) is 0 Å². The molecule has 0 saturated carbocycles. The van der Waals surface area contributed by atoms with Crippen molar-refractivity contribution in [1.82, 2.24) is 0 Å². The van der Waals surface area contributed by atoms with Gasteiger partial charge in [0.1, 0.15) is 36.7 Å². The zero-order valence-electron chi connectivity index (χ0n) is 18.5. The Labute approximate surface area is 186 Å². The van der Waals surface area contributed by atoms with Crippen LogP contribution in [0.15, 0.2) is 46.6 Å². The third-order valence-corrected chi connectivity index (χ3v) is 5.67. The average Bonchev–Trinajstić information content (AvgIpc) is 3.33. The number of hydrogen-bond donors (Lipinski definition) is 1. The van der Waals surface area contributed by atoms with Gasteiger partial charge in [0.25, 0.3) is 0 Å². The second-order valence-electron chi connectivity index (χ2n) is 7.91. The van der Waals surface area contributed by atoms with Gasteiger partial charge in [0, 0.05) is 31.2 Å². The summed E-state index contributed by atoms with van der Waals surface area (Å²) in [5.41, 5.74) is 2.28. The average molecular weight is 437 g/mol. The van der Waals surface area contributed by atoms with Crippen LogP contribution in [0.5, 0.6) is 11.5 Å². The number of aryl methyl sites for hydroxylation is 1. The van der Waals surface area contributed by atoms with Gasteiger partial charge in [-0.1, -0.05) is 30.0 Å². The van der Waals surface area contributed by atoms with Crippen LogP contribution < -0.4 is 14.7 Å². The number of carbonyl (C=O) groups excluding carboxylic acids is 1. The van der Waals surface area contributed by atoms with Gasteiger partial charge in [0.15, 0.2) is 5.76 Å². The van der Waals surface area contributed by atoms with E-state index in [1.54, 1.807) is 27.2 Å². The molecule has 168 valence electrons. The Morgan fingerprint density at radius 2 is 1.81 bits per heavy atom. The predicted molar refractivity (Wildman–Crippen MR) is 118 cm³/mol. The minimum atomic E-state index is -0.241. The van der Waals surface area contributed by atoms with Crippen molar-refractivity contribution in [3.8, 4) is 11.5 Å². The van der Waals surface area contributed by atoms with E-state index in [2.05, 4.69) is 0 Å². The van der Waals surface area contributed by atoms with Gasteiger partial charge in [-0.15, -0.1) is 0 Å². The lowest BCUT2D eigenvalue weighted by atomic mass is 9.99. The van der Waals surface area contributed by atoms with E-state index < -0.39 is 0 Å². The highest BCUT2D eigenvalue weighted by molar-refractivity contribution is 6.15. The number of ether oxygens (including phenoxy) is 3. The number of carbonyl (C=O) groups is 1. The van der Waals surface area contributed by atoms with Crippen LogP contribution in [0, 0.1) is 6.92 Å². The Kier molecular flexibility index (Phi) is 6.60. The van der Waals surface area contributed by atoms with Gasteiger partial charge in [-0.3, -0.25) is 4.79 Å². The van der Waals surface area contributed by atoms with Gasteiger partial charge in [-0.05, 0) is 24.6 Å². The fourth-order valence-electron chi connectivity index (χ4n) is 3.98. The molecule has 3 aromatic rings. The number of para-hydroxylation sites is 1. The summed E-state index contributed by atoms with van der Waals surface area (Å²) >= 11 is 0. The Morgan fingerprint density at radius 1 is 1.09 bits per heavy atom. The molecule has 1 aromatic heterocycles. The molecule has 1 aliphatic rings. The monoisotopic (exact) mass is 437 g/mol. The van der Waals surface area contributed by atoms with Crippen LogP contribution >= 0.6 is 0 Å². The van der Waals surface area contributed by atoms with E-state index in [1.165, 1.54) is 6.07 Å². The number of allylic oxidation sites excluding steroid dienone is 1. The molecule has 0 saturated heterocycles. The number of Topliss-reactive ketones (excluding diaryl/α,β-unsaturated/α-hetero) is 1. The third-order valence-electron chi connectivity index (χ3n) is 5.67. The summed E-state index contributed by atoms with van der Waals surface area (Å²) in [6, 6.07) is 11.0. The molecule has 0 fully saturated rings. The Hall–Kier alpha value is -3.13. The highest BCUT2D eigenvalue weighted by Crippen LogP contribution is 2.40. The van der Waals surface area contributed by atoms with E-state index in [1.807, 2.05) is 30.3 Å². The van der Waals surface area contributed by atoms with Gasteiger partial charge in [0.05, 0.1) is 18.8 Å². The minimum absolute atomic E-state index is 0.133. The van der Waals surface area contributed by atoms with Crippen LogP contribution in [-0.2, 0) is 16.0 Å². The van der Waals surface area contributed by atoms with Gasteiger partial charge < -0.3 is 28.6 Å². The number of quaternary nitrogens is 1. The first kappa shape index (κ1) is 22.1. The molecule has 0 bridgehead atoms. The Bertz CT molecular complexity index is 1120. The van der Waals surface area contributed by atoms with Gasteiger partial charge in [0.2, 0.25) is 5.78 Å². The molecular weight excluding hydrogens is 410 g/mol. The number of benzene rings is 2. The van der Waals surface area contributed by atoms with E-state index >= 15 is 0 Å². The molecule has 2 aromatic carbocycles. The molecule has 0 spiro atoms. The molecule has 7 nitrogen and oxygen atoms in total. The smallest absolute Gasteiger partial charge is 0.232 e. The maximum atomic E-state index is 13.1. The molecule has 0 amide bonds. The maximum absolute atomic E-state index is 13.1. The van der Waals surface area contributed by atoms with Crippen molar-refractivity contribution in [2.24, 2.45) is 0 Å². The number of furan rings is 1. The van der Waals surface area contributed by atoms with E-state index in [9.17, 15) is 9.90 Å². The van der Waals surface area contributed by atoms with Crippen molar-refractivity contribution >= 4 is 22.8 Å². The van der Waals surface area contributed by atoms with Crippen LogP contribution in [0.3, 0.4) is 0 Å². The van der Waals surface area contributed by atoms with E-state index in [-0.39, 0.29) is 17.3 Å². The topological polar surface area (TPSA) is 85.4 Å². The number of rotatable bonds is 9. The second-order valence-corrected chi connectivity index (χ2v) is 7.91. The van der Waals surface area contributed by atoms with Crippen LogP contribution in [0.1, 0.15) is 27.2 Å². The van der Waals surface area contributed by atoms with Crippen molar-refractivity contribution in [3.05, 3.63) is 64.6 Å². The van der Waals surface area contributed by atoms with Crippen molar-refractivity contribution in [2.75, 3.05) is 40.5 Å².